The topological polar surface area (TPSA) is 80.5 Å². The van der Waals surface area contributed by atoms with Gasteiger partial charge in [-0.05, 0) is 41.4 Å². The highest BCUT2D eigenvalue weighted by molar-refractivity contribution is 9.10. The smallest absolute Gasteiger partial charge is 0.167 e. The van der Waals surface area contributed by atoms with Crippen molar-refractivity contribution in [2.24, 2.45) is 5.73 Å². The van der Waals surface area contributed by atoms with E-state index in [-0.39, 0.29) is 12.1 Å². The lowest BCUT2D eigenvalue weighted by Crippen LogP contribution is -2.39. The van der Waals surface area contributed by atoms with Gasteiger partial charge in [0.2, 0.25) is 0 Å². The van der Waals surface area contributed by atoms with E-state index in [1.807, 2.05) is 13.0 Å². The highest BCUT2D eigenvalue weighted by atomic mass is 79.9. The van der Waals surface area contributed by atoms with E-state index >= 15 is 0 Å². The van der Waals surface area contributed by atoms with E-state index in [9.17, 15) is 4.39 Å². The number of hydrogen-bond donors (Lipinski definition) is 1. The minimum Gasteiger partial charge on any atom is -0.312 e. The molecule has 2 rings (SSSR count). The molecule has 0 amide bonds. The number of nitrogens with two attached hydrogens (primary N) is 1. The van der Waals surface area contributed by atoms with Crippen molar-refractivity contribution in [2.45, 2.75) is 25.9 Å². The Morgan fingerprint density at radius 1 is 1.56 bits per heavy atom. The summed E-state index contributed by atoms with van der Waals surface area (Å²) in [6.07, 6.45) is 0. The second-order valence-electron chi connectivity index (χ2n) is 4.45. The van der Waals surface area contributed by atoms with E-state index in [0.29, 0.717) is 9.99 Å². The molecule has 1 heterocycles. The van der Waals surface area contributed by atoms with E-state index in [2.05, 4.69) is 26.1 Å². The van der Waals surface area contributed by atoms with Gasteiger partial charge in [0.15, 0.2) is 5.82 Å². The standard InChI is InChI=1S/C11H11BrFN5/c1-6-3-7(12)8(13)10-9(6)16-18(17-10)5-11(2,15)4-14/h3H,5,15H2,1-2H3. The van der Waals surface area contributed by atoms with Crippen LogP contribution in [0.3, 0.4) is 0 Å². The lowest BCUT2D eigenvalue weighted by atomic mass is 10.1. The van der Waals surface area contributed by atoms with Crippen LogP contribution >= 0.6 is 15.9 Å². The number of aryl methyl sites for hydroxylation is 1. The van der Waals surface area contributed by atoms with Crippen molar-refractivity contribution >= 4 is 27.0 Å². The Morgan fingerprint density at radius 2 is 2.17 bits per heavy atom. The van der Waals surface area contributed by atoms with Crippen LogP contribution in [0.1, 0.15) is 12.5 Å². The average Bonchev–Trinajstić information content (AvgIpc) is 2.70. The first-order valence-electron chi connectivity index (χ1n) is 5.23. The molecule has 0 saturated heterocycles. The first kappa shape index (κ1) is 12.9. The molecule has 0 radical (unpaired) electrons. The van der Waals surface area contributed by atoms with Crippen molar-refractivity contribution in [3.63, 3.8) is 0 Å². The second-order valence-corrected chi connectivity index (χ2v) is 5.30. The first-order chi connectivity index (χ1) is 8.34. The minimum absolute atomic E-state index is 0.106. The lowest BCUT2D eigenvalue weighted by Gasteiger charge is -2.13. The van der Waals surface area contributed by atoms with Gasteiger partial charge in [-0.2, -0.15) is 20.3 Å². The molecule has 2 aromatic rings. The molecule has 0 aliphatic carbocycles. The summed E-state index contributed by atoms with van der Waals surface area (Å²) in [6, 6.07) is 3.59. The summed E-state index contributed by atoms with van der Waals surface area (Å²) in [5, 5.41) is 17.1. The van der Waals surface area contributed by atoms with Crippen LogP contribution in [0.5, 0.6) is 0 Å². The quantitative estimate of drug-likeness (QED) is 0.918. The van der Waals surface area contributed by atoms with Gasteiger partial charge >= 0.3 is 0 Å². The molecule has 0 aliphatic heterocycles. The van der Waals surface area contributed by atoms with Gasteiger partial charge in [-0.15, -0.1) is 0 Å². The van der Waals surface area contributed by atoms with Crippen LogP contribution in [0, 0.1) is 24.1 Å². The van der Waals surface area contributed by atoms with Gasteiger partial charge in [-0.3, -0.25) is 0 Å². The summed E-state index contributed by atoms with van der Waals surface area (Å²) < 4.78 is 14.2. The summed E-state index contributed by atoms with van der Waals surface area (Å²) in [5.74, 6) is -0.461. The maximum atomic E-state index is 13.8. The number of benzene rings is 1. The van der Waals surface area contributed by atoms with Gasteiger partial charge < -0.3 is 5.73 Å². The molecule has 1 aromatic carbocycles. The van der Waals surface area contributed by atoms with Crippen LogP contribution in [0.25, 0.3) is 11.0 Å². The Morgan fingerprint density at radius 3 is 2.78 bits per heavy atom. The molecule has 94 valence electrons. The first-order valence-corrected chi connectivity index (χ1v) is 6.03. The normalized spacial score (nSPS) is 14.4. The predicted octanol–water partition coefficient (Wildman–Crippen LogP) is 1.88. The fraction of sp³-hybridized carbons (Fsp3) is 0.364. The monoisotopic (exact) mass is 311 g/mol. The SMILES string of the molecule is Cc1cc(Br)c(F)c2nn(CC(C)(N)C#N)nc12. The van der Waals surface area contributed by atoms with Crippen molar-refractivity contribution in [3.05, 3.63) is 21.9 Å². The van der Waals surface area contributed by atoms with Gasteiger partial charge in [0.25, 0.3) is 0 Å². The third kappa shape index (κ3) is 2.21. The Labute approximate surface area is 111 Å². The molecule has 0 saturated carbocycles. The Bertz CT molecular complexity index is 655. The van der Waals surface area contributed by atoms with E-state index in [1.165, 1.54) is 4.80 Å². The van der Waals surface area contributed by atoms with E-state index in [1.54, 1.807) is 13.0 Å². The van der Waals surface area contributed by atoms with E-state index in [4.69, 9.17) is 11.0 Å². The van der Waals surface area contributed by atoms with Crippen LogP contribution in [-0.2, 0) is 6.54 Å². The second kappa shape index (κ2) is 4.30. The number of aromatic nitrogens is 3. The zero-order valence-electron chi connectivity index (χ0n) is 9.91. The molecule has 1 unspecified atom stereocenters. The van der Waals surface area contributed by atoms with Gasteiger partial charge in [0.05, 0.1) is 17.1 Å². The fourth-order valence-electron chi connectivity index (χ4n) is 1.60. The van der Waals surface area contributed by atoms with Crippen LogP contribution < -0.4 is 5.73 Å². The summed E-state index contributed by atoms with van der Waals surface area (Å²) in [6.45, 7) is 3.49. The number of nitrogens with zero attached hydrogens (tertiary/aromatic N) is 4. The highest BCUT2D eigenvalue weighted by Crippen LogP contribution is 2.25. The number of rotatable bonds is 2. The lowest BCUT2D eigenvalue weighted by molar-refractivity contribution is 0.423. The van der Waals surface area contributed by atoms with Gasteiger partial charge in [-0.1, -0.05) is 0 Å². The average molecular weight is 312 g/mol. The zero-order chi connectivity index (χ0) is 13.5. The third-order valence-corrected chi connectivity index (χ3v) is 3.09. The minimum atomic E-state index is -1.09. The molecular formula is C11H11BrFN5. The van der Waals surface area contributed by atoms with Crippen molar-refractivity contribution in [2.75, 3.05) is 0 Å². The number of fused-ring (bicyclic) bond motifs is 1. The summed E-state index contributed by atoms with van der Waals surface area (Å²) in [7, 11) is 0. The zero-order valence-corrected chi connectivity index (χ0v) is 11.5. The van der Waals surface area contributed by atoms with Crippen molar-refractivity contribution in [1.82, 2.24) is 15.0 Å². The molecule has 5 nitrogen and oxygen atoms in total. The van der Waals surface area contributed by atoms with Gasteiger partial charge in [-0.25, -0.2) is 4.39 Å². The summed E-state index contributed by atoms with van der Waals surface area (Å²) in [5.41, 5.74) is 6.08. The molecular weight excluding hydrogens is 301 g/mol. The van der Waals surface area contributed by atoms with E-state index in [0.717, 1.165) is 5.56 Å². The maximum absolute atomic E-state index is 13.8. The predicted molar refractivity (Wildman–Crippen MR) is 68.1 cm³/mol. The number of halogens is 2. The Hall–Kier alpha value is -1.52. The summed E-state index contributed by atoms with van der Waals surface area (Å²) >= 11 is 3.12. The molecule has 2 N–H and O–H groups in total. The van der Waals surface area contributed by atoms with Crippen molar-refractivity contribution < 1.29 is 4.39 Å². The molecule has 0 aliphatic rings. The maximum Gasteiger partial charge on any atom is 0.167 e. The molecule has 1 aromatic heterocycles. The third-order valence-electron chi connectivity index (χ3n) is 2.51. The molecule has 18 heavy (non-hydrogen) atoms. The molecule has 0 spiro atoms. The summed E-state index contributed by atoms with van der Waals surface area (Å²) in [4.78, 5) is 1.26. The molecule has 7 heteroatoms. The highest BCUT2D eigenvalue weighted by Gasteiger charge is 2.21. The van der Waals surface area contributed by atoms with E-state index < -0.39 is 11.4 Å². The van der Waals surface area contributed by atoms with Crippen molar-refractivity contribution in [1.29, 1.82) is 5.26 Å². The van der Waals surface area contributed by atoms with Gasteiger partial charge in [0, 0.05) is 0 Å². The Kier molecular flexibility index (Phi) is 3.09. The largest absolute Gasteiger partial charge is 0.312 e. The van der Waals surface area contributed by atoms with Crippen LogP contribution in [0.15, 0.2) is 10.5 Å². The van der Waals surface area contributed by atoms with Crippen LogP contribution in [-0.4, -0.2) is 20.5 Å². The molecule has 1 atom stereocenters. The fourth-order valence-corrected chi connectivity index (χ4v) is 2.13. The Balaban J connectivity index is 2.55. The molecule has 0 bridgehead atoms. The molecule has 0 fully saturated rings. The van der Waals surface area contributed by atoms with Gasteiger partial charge in [0.1, 0.15) is 16.6 Å². The van der Waals surface area contributed by atoms with Crippen LogP contribution in [0.4, 0.5) is 4.39 Å². The number of hydrogen-bond acceptors (Lipinski definition) is 4. The van der Waals surface area contributed by atoms with Crippen molar-refractivity contribution in [3.8, 4) is 6.07 Å². The van der Waals surface area contributed by atoms with Crippen LogP contribution in [0.2, 0.25) is 0 Å². The number of nitriles is 1.